The second-order valence-electron chi connectivity index (χ2n) is 1.54. The van der Waals surface area contributed by atoms with Crippen LogP contribution in [0.3, 0.4) is 0 Å². The highest BCUT2D eigenvalue weighted by atomic mass is 35.5. The van der Waals surface area contributed by atoms with E-state index in [0.717, 1.165) is 0 Å². The minimum atomic E-state index is 0.307. The lowest BCUT2D eigenvalue weighted by molar-refractivity contribution is 1.16. The van der Waals surface area contributed by atoms with Gasteiger partial charge in [0.1, 0.15) is 11.0 Å². The molecule has 4 heteroatoms. The maximum atomic E-state index is 7.09. The number of halogens is 1. The average molecular weight is 160 g/mol. The third-order valence-corrected chi connectivity index (χ3v) is 1.17. The van der Waals surface area contributed by atoms with Gasteiger partial charge in [-0.05, 0) is 12.2 Å². The summed E-state index contributed by atoms with van der Waals surface area (Å²) in [5.74, 6) is 0.307. The zero-order valence-electron chi connectivity index (χ0n) is 5.98. The molecule has 0 saturated carbocycles. The third-order valence-electron chi connectivity index (χ3n) is 0.870. The van der Waals surface area contributed by atoms with E-state index in [0.29, 0.717) is 11.0 Å². The van der Waals surface area contributed by atoms with Crippen LogP contribution in [0.15, 0.2) is 17.1 Å². The van der Waals surface area contributed by atoms with E-state index in [2.05, 4.69) is 10.3 Å². The summed E-state index contributed by atoms with van der Waals surface area (Å²) in [7, 11) is 3.26. The number of allylic oxidation sites excluding steroid dienone is 1. The Morgan fingerprint density at radius 3 is 2.60 bits per heavy atom. The Bertz CT molecular complexity index is 172. The maximum absolute atomic E-state index is 7.09. The van der Waals surface area contributed by atoms with Gasteiger partial charge in [0, 0.05) is 14.1 Å². The van der Waals surface area contributed by atoms with Crippen LogP contribution in [0.2, 0.25) is 0 Å². The molecule has 0 rings (SSSR count). The van der Waals surface area contributed by atoms with E-state index in [-0.39, 0.29) is 0 Å². The van der Waals surface area contributed by atoms with Crippen LogP contribution in [0.25, 0.3) is 0 Å². The van der Waals surface area contributed by atoms with Crippen molar-refractivity contribution in [3.8, 4) is 0 Å². The molecule has 0 bridgehead atoms. The minimum absolute atomic E-state index is 0.307. The molecule has 0 spiro atoms. The second-order valence-corrected chi connectivity index (χ2v) is 1.93. The first kappa shape index (κ1) is 9.17. The van der Waals surface area contributed by atoms with Crippen LogP contribution in [0, 0.1) is 5.41 Å². The number of aliphatic imine (C=N–C) groups is 1. The van der Waals surface area contributed by atoms with Crippen molar-refractivity contribution in [2.45, 2.75) is 0 Å². The van der Waals surface area contributed by atoms with Crippen LogP contribution in [0.4, 0.5) is 0 Å². The normalized spacial score (nSPS) is 12.1. The van der Waals surface area contributed by atoms with Gasteiger partial charge >= 0.3 is 0 Å². The number of rotatable bonds is 2. The standard InChI is InChI=1S/C6H10ClN3/c1-9-5(7)3-4-6(8)10-2/h3-4H,1-2H3,(H2,8,10)/b4-3-,9-5+. The quantitative estimate of drug-likeness (QED) is 0.459. The van der Waals surface area contributed by atoms with Crippen LogP contribution in [0.1, 0.15) is 0 Å². The van der Waals surface area contributed by atoms with Crippen molar-refractivity contribution in [3.63, 3.8) is 0 Å². The van der Waals surface area contributed by atoms with Gasteiger partial charge in [0.25, 0.3) is 0 Å². The smallest absolute Gasteiger partial charge is 0.123 e. The number of nitrogens with one attached hydrogen (secondary N) is 2. The summed E-state index contributed by atoms with van der Waals surface area (Å²) < 4.78 is 0. The number of hydrogen-bond acceptors (Lipinski definition) is 2. The number of amidine groups is 1. The largest absolute Gasteiger partial charge is 0.374 e. The molecule has 0 heterocycles. The zero-order valence-corrected chi connectivity index (χ0v) is 6.74. The third kappa shape index (κ3) is 4.09. The lowest BCUT2D eigenvalue weighted by Gasteiger charge is -1.91. The first-order valence-electron chi connectivity index (χ1n) is 2.77. The molecule has 0 aliphatic rings. The lowest BCUT2D eigenvalue weighted by atomic mass is 10.5. The maximum Gasteiger partial charge on any atom is 0.123 e. The van der Waals surface area contributed by atoms with Gasteiger partial charge in [0.2, 0.25) is 0 Å². The SMILES string of the molecule is C/N=C(Cl)\C=C/C(=N)NC. The minimum Gasteiger partial charge on any atom is -0.374 e. The van der Waals surface area contributed by atoms with Crippen LogP contribution < -0.4 is 5.32 Å². The fraction of sp³-hybridized carbons (Fsp3) is 0.333. The van der Waals surface area contributed by atoms with Gasteiger partial charge in [-0.2, -0.15) is 0 Å². The van der Waals surface area contributed by atoms with Crippen LogP contribution >= 0.6 is 11.6 Å². The summed E-state index contributed by atoms with van der Waals surface area (Å²) in [5.41, 5.74) is 0. The molecule has 0 atom stereocenters. The summed E-state index contributed by atoms with van der Waals surface area (Å²) in [6, 6.07) is 0. The van der Waals surface area contributed by atoms with Gasteiger partial charge in [-0.15, -0.1) is 0 Å². The van der Waals surface area contributed by atoms with Crippen molar-refractivity contribution in [2.75, 3.05) is 14.1 Å². The summed E-state index contributed by atoms with van der Waals surface area (Å²) in [4.78, 5) is 3.67. The Kier molecular flexibility index (Phi) is 4.58. The predicted molar refractivity (Wildman–Crippen MR) is 45.1 cm³/mol. The monoisotopic (exact) mass is 159 g/mol. The zero-order chi connectivity index (χ0) is 7.98. The molecule has 0 amide bonds. The first-order valence-corrected chi connectivity index (χ1v) is 3.15. The summed E-state index contributed by atoms with van der Waals surface area (Å²) in [6.07, 6.45) is 3.09. The molecule has 0 aromatic carbocycles. The summed E-state index contributed by atoms with van der Waals surface area (Å²) in [5, 5.41) is 10.1. The van der Waals surface area contributed by atoms with E-state index in [1.54, 1.807) is 20.2 Å². The fourth-order valence-corrected chi connectivity index (χ4v) is 0.373. The topological polar surface area (TPSA) is 48.2 Å². The Morgan fingerprint density at radius 2 is 2.20 bits per heavy atom. The van der Waals surface area contributed by atoms with Crippen LogP contribution in [-0.4, -0.2) is 25.1 Å². The average Bonchev–Trinajstić information content (AvgIpc) is 1.99. The molecule has 3 nitrogen and oxygen atoms in total. The number of likely N-dealkylation sites (N-methyl/N-ethyl adjacent to an activating group) is 1. The molecule has 0 aliphatic heterocycles. The molecule has 2 N–H and O–H groups in total. The van der Waals surface area contributed by atoms with Crippen molar-refractivity contribution >= 4 is 22.6 Å². The van der Waals surface area contributed by atoms with Crippen LogP contribution in [0.5, 0.6) is 0 Å². The molecule has 10 heavy (non-hydrogen) atoms. The molecule has 0 aromatic heterocycles. The molecule has 0 aliphatic carbocycles. The highest BCUT2D eigenvalue weighted by Gasteiger charge is 1.84. The Labute approximate surface area is 65.3 Å². The van der Waals surface area contributed by atoms with E-state index in [4.69, 9.17) is 17.0 Å². The molecular formula is C6H10ClN3. The van der Waals surface area contributed by atoms with Gasteiger partial charge in [0.05, 0.1) is 0 Å². The Balaban J connectivity index is 3.88. The molecule has 0 aromatic rings. The van der Waals surface area contributed by atoms with Gasteiger partial charge in [0.15, 0.2) is 0 Å². The van der Waals surface area contributed by atoms with E-state index >= 15 is 0 Å². The van der Waals surface area contributed by atoms with Crippen molar-refractivity contribution in [2.24, 2.45) is 4.99 Å². The van der Waals surface area contributed by atoms with Crippen molar-refractivity contribution in [1.29, 1.82) is 5.41 Å². The Morgan fingerprint density at radius 1 is 1.60 bits per heavy atom. The van der Waals surface area contributed by atoms with Crippen molar-refractivity contribution in [1.82, 2.24) is 5.32 Å². The van der Waals surface area contributed by atoms with Gasteiger partial charge in [-0.25, -0.2) is 0 Å². The predicted octanol–water partition coefficient (Wildman–Crippen LogP) is 1.01. The molecule has 0 unspecified atom stereocenters. The molecule has 0 fully saturated rings. The van der Waals surface area contributed by atoms with E-state index < -0.39 is 0 Å². The molecule has 56 valence electrons. The molecule has 0 saturated heterocycles. The highest BCUT2D eigenvalue weighted by molar-refractivity contribution is 6.68. The van der Waals surface area contributed by atoms with E-state index in [9.17, 15) is 0 Å². The van der Waals surface area contributed by atoms with Crippen molar-refractivity contribution < 1.29 is 0 Å². The number of hydrogen-bond donors (Lipinski definition) is 2. The molecule has 0 radical (unpaired) electrons. The highest BCUT2D eigenvalue weighted by Crippen LogP contribution is 1.86. The van der Waals surface area contributed by atoms with Crippen molar-refractivity contribution in [3.05, 3.63) is 12.2 Å². The van der Waals surface area contributed by atoms with Gasteiger partial charge in [-0.1, -0.05) is 11.6 Å². The van der Waals surface area contributed by atoms with E-state index in [1.165, 1.54) is 6.08 Å². The van der Waals surface area contributed by atoms with Crippen LogP contribution in [-0.2, 0) is 0 Å². The summed E-state index contributed by atoms with van der Waals surface area (Å²) >= 11 is 5.51. The fourth-order valence-electron chi connectivity index (χ4n) is 0.310. The second kappa shape index (κ2) is 4.99. The molecular weight excluding hydrogens is 150 g/mol. The summed E-state index contributed by atoms with van der Waals surface area (Å²) in [6.45, 7) is 0. The number of nitrogens with zero attached hydrogens (tertiary/aromatic N) is 1. The van der Waals surface area contributed by atoms with Gasteiger partial charge < -0.3 is 5.32 Å². The lowest BCUT2D eigenvalue weighted by Crippen LogP contribution is -2.13. The Hall–Kier alpha value is -0.830. The first-order chi connectivity index (χ1) is 4.70. The van der Waals surface area contributed by atoms with Gasteiger partial charge in [-0.3, -0.25) is 10.4 Å². The van der Waals surface area contributed by atoms with E-state index in [1.807, 2.05) is 0 Å².